The molecule has 2 saturated heterocycles. The average Bonchev–Trinajstić information content (AvgIpc) is 2.39. The predicted octanol–water partition coefficient (Wildman–Crippen LogP) is 2.56. The van der Waals surface area contributed by atoms with Crippen molar-refractivity contribution < 1.29 is 13.2 Å². The van der Waals surface area contributed by atoms with Crippen molar-refractivity contribution >= 4 is 21.6 Å². The molecule has 2 aliphatic heterocycles. The highest BCUT2D eigenvalue weighted by molar-refractivity contribution is 9.10. The number of halogens is 4. The first-order valence-corrected chi connectivity index (χ1v) is 7.81. The summed E-state index contributed by atoms with van der Waals surface area (Å²) in [5.74, 6) is 0. The van der Waals surface area contributed by atoms with E-state index in [9.17, 15) is 13.2 Å². The van der Waals surface area contributed by atoms with E-state index >= 15 is 0 Å². The lowest BCUT2D eigenvalue weighted by Crippen LogP contribution is -2.63. The van der Waals surface area contributed by atoms with Gasteiger partial charge >= 0.3 is 6.18 Å². The van der Waals surface area contributed by atoms with E-state index in [1.807, 2.05) is 0 Å². The zero-order valence-corrected chi connectivity index (χ0v) is 13.0. The lowest BCUT2D eigenvalue weighted by atomic mass is 10.0. The van der Waals surface area contributed by atoms with Gasteiger partial charge in [0.15, 0.2) is 0 Å². The molecule has 0 aliphatic carbocycles. The fraction of sp³-hybridized carbons (Fsp3) is 0.571. The normalized spacial score (nSPS) is 21.4. The smallest absolute Gasteiger partial charge is 0.367 e. The third kappa shape index (κ3) is 3.19. The SMILES string of the molecule is FC(F)(F)c1ccc(N2CC(N3CCNCC3)C2)c(Br)c1. The molecule has 7 heteroatoms. The average molecular weight is 364 g/mol. The van der Waals surface area contributed by atoms with Crippen molar-refractivity contribution in [2.45, 2.75) is 12.2 Å². The molecule has 0 unspecified atom stereocenters. The van der Waals surface area contributed by atoms with Crippen LogP contribution in [0.25, 0.3) is 0 Å². The second kappa shape index (κ2) is 5.78. The van der Waals surface area contributed by atoms with Crippen LogP contribution in [0.5, 0.6) is 0 Å². The number of nitrogens with zero attached hydrogens (tertiary/aromatic N) is 2. The van der Waals surface area contributed by atoms with Crippen LogP contribution in [0.1, 0.15) is 5.56 Å². The van der Waals surface area contributed by atoms with E-state index in [0.29, 0.717) is 10.5 Å². The summed E-state index contributed by atoms with van der Waals surface area (Å²) in [6.45, 7) is 5.88. The van der Waals surface area contributed by atoms with Crippen molar-refractivity contribution in [3.8, 4) is 0 Å². The first kappa shape index (κ1) is 15.1. The number of benzene rings is 1. The molecule has 0 spiro atoms. The van der Waals surface area contributed by atoms with E-state index < -0.39 is 11.7 Å². The van der Waals surface area contributed by atoms with E-state index in [1.54, 1.807) is 6.07 Å². The Bertz CT molecular complexity index is 509. The first-order valence-electron chi connectivity index (χ1n) is 7.01. The minimum absolute atomic E-state index is 0.510. The van der Waals surface area contributed by atoms with Crippen molar-refractivity contribution in [1.29, 1.82) is 0 Å². The Morgan fingerprint density at radius 2 is 1.81 bits per heavy atom. The van der Waals surface area contributed by atoms with Crippen LogP contribution < -0.4 is 10.2 Å². The zero-order valence-electron chi connectivity index (χ0n) is 11.5. The van der Waals surface area contributed by atoms with E-state index in [2.05, 4.69) is 31.0 Å². The van der Waals surface area contributed by atoms with E-state index in [1.165, 1.54) is 0 Å². The van der Waals surface area contributed by atoms with Gasteiger partial charge in [-0.1, -0.05) is 0 Å². The first-order chi connectivity index (χ1) is 9.95. The summed E-state index contributed by atoms with van der Waals surface area (Å²) in [6.07, 6.45) is -4.29. The van der Waals surface area contributed by atoms with Gasteiger partial charge in [-0.25, -0.2) is 0 Å². The predicted molar refractivity (Wildman–Crippen MR) is 79.6 cm³/mol. The molecule has 116 valence electrons. The molecule has 1 N–H and O–H groups in total. The van der Waals surface area contributed by atoms with Gasteiger partial charge < -0.3 is 10.2 Å². The monoisotopic (exact) mass is 363 g/mol. The minimum atomic E-state index is -4.29. The molecule has 2 fully saturated rings. The summed E-state index contributed by atoms with van der Waals surface area (Å²) in [6, 6.07) is 4.38. The van der Waals surface area contributed by atoms with E-state index in [4.69, 9.17) is 0 Å². The van der Waals surface area contributed by atoms with Crippen LogP contribution in [0.3, 0.4) is 0 Å². The lowest BCUT2D eigenvalue weighted by Gasteiger charge is -2.48. The van der Waals surface area contributed by atoms with Crippen LogP contribution in [-0.4, -0.2) is 50.2 Å². The van der Waals surface area contributed by atoms with Crippen LogP contribution in [0.4, 0.5) is 18.9 Å². The highest BCUT2D eigenvalue weighted by atomic mass is 79.9. The summed E-state index contributed by atoms with van der Waals surface area (Å²) in [5.41, 5.74) is 0.228. The summed E-state index contributed by atoms with van der Waals surface area (Å²) in [7, 11) is 0. The number of hydrogen-bond donors (Lipinski definition) is 1. The van der Waals surface area contributed by atoms with Crippen molar-refractivity contribution in [3.05, 3.63) is 28.2 Å². The standard InChI is InChI=1S/C14H17BrF3N3/c15-12-7-10(14(16,17)18)1-2-13(12)21-8-11(9-21)20-5-3-19-4-6-20/h1-2,7,11,19H,3-6,8-9H2. The van der Waals surface area contributed by atoms with Crippen molar-refractivity contribution in [1.82, 2.24) is 10.2 Å². The Hall–Kier alpha value is -0.790. The molecule has 2 aliphatic rings. The van der Waals surface area contributed by atoms with Crippen LogP contribution in [0, 0.1) is 0 Å². The second-order valence-corrected chi connectivity index (χ2v) is 6.36. The quantitative estimate of drug-likeness (QED) is 0.871. The topological polar surface area (TPSA) is 18.5 Å². The molecule has 0 aromatic heterocycles. The summed E-state index contributed by atoms with van der Waals surface area (Å²) in [4.78, 5) is 4.57. The number of hydrogen-bond acceptors (Lipinski definition) is 3. The molecule has 21 heavy (non-hydrogen) atoms. The van der Waals surface area contributed by atoms with Gasteiger partial charge in [0.2, 0.25) is 0 Å². The van der Waals surface area contributed by atoms with Gasteiger partial charge in [-0.15, -0.1) is 0 Å². The summed E-state index contributed by atoms with van der Waals surface area (Å²) >= 11 is 3.27. The minimum Gasteiger partial charge on any atom is -0.367 e. The molecular formula is C14H17BrF3N3. The van der Waals surface area contributed by atoms with Gasteiger partial charge in [0, 0.05) is 49.8 Å². The Labute approximate surface area is 130 Å². The van der Waals surface area contributed by atoms with Gasteiger partial charge in [-0.3, -0.25) is 4.90 Å². The fourth-order valence-corrected chi connectivity index (χ4v) is 3.50. The van der Waals surface area contributed by atoms with Gasteiger partial charge in [-0.2, -0.15) is 13.2 Å². The highest BCUT2D eigenvalue weighted by Crippen LogP contribution is 2.37. The van der Waals surface area contributed by atoms with Crippen LogP contribution in [-0.2, 0) is 6.18 Å². The van der Waals surface area contributed by atoms with Gasteiger partial charge in [-0.05, 0) is 34.1 Å². The third-order valence-electron chi connectivity index (χ3n) is 4.15. The molecule has 0 radical (unpaired) electrons. The molecule has 0 atom stereocenters. The number of nitrogens with one attached hydrogen (secondary N) is 1. The Morgan fingerprint density at radius 1 is 1.14 bits per heavy atom. The number of anilines is 1. The van der Waals surface area contributed by atoms with E-state index in [0.717, 1.165) is 57.1 Å². The molecule has 0 amide bonds. The maximum Gasteiger partial charge on any atom is 0.416 e. The maximum absolute atomic E-state index is 12.7. The van der Waals surface area contributed by atoms with Crippen molar-refractivity contribution in [2.75, 3.05) is 44.2 Å². The molecule has 3 rings (SSSR count). The van der Waals surface area contributed by atoms with Crippen molar-refractivity contribution in [3.63, 3.8) is 0 Å². The summed E-state index contributed by atoms with van der Waals surface area (Å²) < 4.78 is 38.5. The Balaban J connectivity index is 1.64. The second-order valence-electron chi connectivity index (χ2n) is 5.51. The highest BCUT2D eigenvalue weighted by Gasteiger charge is 2.35. The van der Waals surface area contributed by atoms with Crippen LogP contribution in [0.2, 0.25) is 0 Å². The lowest BCUT2D eigenvalue weighted by molar-refractivity contribution is -0.137. The van der Waals surface area contributed by atoms with Crippen LogP contribution in [0.15, 0.2) is 22.7 Å². The van der Waals surface area contributed by atoms with Gasteiger partial charge in [0.1, 0.15) is 0 Å². The summed E-state index contributed by atoms with van der Waals surface area (Å²) in [5, 5.41) is 3.32. The molecular weight excluding hydrogens is 347 g/mol. The largest absolute Gasteiger partial charge is 0.416 e. The van der Waals surface area contributed by atoms with E-state index in [-0.39, 0.29) is 0 Å². The number of piperazine rings is 1. The van der Waals surface area contributed by atoms with Crippen molar-refractivity contribution in [2.24, 2.45) is 0 Å². The van der Waals surface area contributed by atoms with Gasteiger partial charge in [0.25, 0.3) is 0 Å². The zero-order chi connectivity index (χ0) is 15.0. The Kier molecular flexibility index (Phi) is 4.16. The van der Waals surface area contributed by atoms with Crippen LogP contribution >= 0.6 is 15.9 Å². The molecule has 3 nitrogen and oxygen atoms in total. The maximum atomic E-state index is 12.7. The number of alkyl halides is 3. The molecule has 2 heterocycles. The Morgan fingerprint density at radius 3 is 2.38 bits per heavy atom. The fourth-order valence-electron chi connectivity index (χ4n) is 2.87. The number of rotatable bonds is 2. The molecule has 1 aromatic rings. The molecule has 1 aromatic carbocycles. The third-order valence-corrected chi connectivity index (χ3v) is 4.78. The molecule has 0 bridgehead atoms. The van der Waals surface area contributed by atoms with Gasteiger partial charge in [0.05, 0.1) is 11.3 Å². The molecule has 0 saturated carbocycles.